The number of rotatable bonds is 11. The number of likely N-dealkylation sites (N-methyl/N-ethyl adjacent to an activating group) is 2. The third-order valence-electron chi connectivity index (χ3n) is 11.0. The Morgan fingerprint density at radius 2 is 2.10 bits per heavy atom. The van der Waals surface area contributed by atoms with Crippen LogP contribution in [0.25, 0.3) is 0 Å². The van der Waals surface area contributed by atoms with Gasteiger partial charge in [-0.3, -0.25) is 4.79 Å². The molecule has 10 heteroatoms. The standard InChI is InChI=1S/C32H47N5O5/c1-20-11-12-32(40)25-18-22-9-10-24(41-30(39)36(2)16-15-35-29(38)23(34)6-4-5-14-33)27-26(22)31(32,28(20)42-27)13-17-37(25,3)19-21-7-8-21/h9-10,21,23,25,28,40H,1,4-8,11-19,33-34H2,2-3H3/p+1/t23-,25-,28-,31-,32+,37?/m0/s1. The quantitative estimate of drug-likeness (QED) is 0.178. The minimum absolute atomic E-state index is 0.105. The van der Waals surface area contributed by atoms with E-state index in [1.165, 1.54) is 23.3 Å². The number of aliphatic hydroxyl groups is 1. The lowest BCUT2D eigenvalue weighted by Crippen LogP contribution is -2.80. The van der Waals surface area contributed by atoms with E-state index in [0.717, 1.165) is 66.7 Å². The molecule has 2 aliphatic heterocycles. The lowest BCUT2D eigenvalue weighted by atomic mass is 9.48. The van der Waals surface area contributed by atoms with E-state index in [1.54, 1.807) is 7.05 Å². The number of unbranched alkanes of at least 4 members (excludes halogenated alkanes) is 1. The highest BCUT2D eigenvalue weighted by Crippen LogP contribution is 2.67. The van der Waals surface area contributed by atoms with Crippen LogP contribution in [0.3, 0.4) is 0 Å². The Hall–Kier alpha value is -2.66. The third-order valence-corrected chi connectivity index (χ3v) is 11.0. The fraction of sp³-hybridized carbons (Fsp3) is 0.688. The summed E-state index contributed by atoms with van der Waals surface area (Å²) in [6.45, 7) is 7.62. The number of carbonyl (C=O) groups is 2. The van der Waals surface area contributed by atoms with Crippen LogP contribution < -0.4 is 26.3 Å². The molecule has 230 valence electrons. The molecule has 6 rings (SSSR count). The van der Waals surface area contributed by atoms with Crippen LogP contribution in [-0.2, 0) is 16.6 Å². The fourth-order valence-corrected chi connectivity index (χ4v) is 8.52. The molecule has 3 aliphatic carbocycles. The minimum Gasteiger partial charge on any atom is -0.481 e. The topological polar surface area (TPSA) is 140 Å². The van der Waals surface area contributed by atoms with Crippen molar-refractivity contribution in [3.8, 4) is 11.5 Å². The van der Waals surface area contributed by atoms with Gasteiger partial charge in [-0.1, -0.05) is 19.1 Å². The van der Waals surface area contributed by atoms with Crippen LogP contribution in [0.2, 0.25) is 0 Å². The predicted octanol–water partition coefficient (Wildman–Crippen LogP) is 1.95. The molecule has 2 bridgehead atoms. The molecule has 10 nitrogen and oxygen atoms in total. The summed E-state index contributed by atoms with van der Waals surface area (Å²) in [5.41, 5.74) is 13.2. The molecule has 2 amide bonds. The van der Waals surface area contributed by atoms with E-state index in [1.807, 2.05) is 6.07 Å². The van der Waals surface area contributed by atoms with Crippen LogP contribution in [0.1, 0.15) is 62.5 Å². The lowest BCUT2D eigenvalue weighted by molar-refractivity contribution is -0.950. The van der Waals surface area contributed by atoms with Crippen molar-refractivity contribution >= 4 is 12.0 Å². The van der Waals surface area contributed by atoms with Gasteiger partial charge in [0.25, 0.3) is 0 Å². The number of nitrogens with zero attached hydrogens (tertiary/aromatic N) is 2. The summed E-state index contributed by atoms with van der Waals surface area (Å²) >= 11 is 0. The Kier molecular flexibility index (Phi) is 7.57. The Balaban J connectivity index is 1.19. The van der Waals surface area contributed by atoms with Crippen LogP contribution in [0.15, 0.2) is 24.3 Å². The summed E-state index contributed by atoms with van der Waals surface area (Å²) in [7, 11) is 3.98. The largest absolute Gasteiger partial charge is 0.481 e. The highest BCUT2D eigenvalue weighted by Gasteiger charge is 2.75. The van der Waals surface area contributed by atoms with E-state index < -0.39 is 23.2 Å². The van der Waals surface area contributed by atoms with Gasteiger partial charge in [-0.05, 0) is 62.3 Å². The maximum atomic E-state index is 13.1. The lowest BCUT2D eigenvalue weighted by Gasteiger charge is -2.65. The summed E-state index contributed by atoms with van der Waals surface area (Å²) < 4.78 is 13.5. The van der Waals surface area contributed by atoms with Gasteiger partial charge in [-0.2, -0.15) is 0 Å². The van der Waals surface area contributed by atoms with E-state index in [2.05, 4.69) is 25.0 Å². The van der Waals surface area contributed by atoms with Crippen LogP contribution >= 0.6 is 0 Å². The van der Waals surface area contributed by atoms with E-state index in [-0.39, 0.29) is 31.1 Å². The number of carbonyl (C=O) groups excluding carboxylic acids is 2. The maximum Gasteiger partial charge on any atom is 0.415 e. The average molecular weight is 583 g/mol. The first-order valence-electron chi connectivity index (χ1n) is 15.8. The fourth-order valence-electron chi connectivity index (χ4n) is 8.52. The molecular formula is C32H48N5O5+. The van der Waals surface area contributed by atoms with E-state index in [4.69, 9.17) is 20.9 Å². The van der Waals surface area contributed by atoms with Crippen LogP contribution in [-0.4, -0.2) is 97.1 Å². The summed E-state index contributed by atoms with van der Waals surface area (Å²) in [5, 5.41) is 15.5. The summed E-state index contributed by atoms with van der Waals surface area (Å²) in [6.07, 6.45) is 6.95. The molecule has 1 aromatic rings. The second-order valence-corrected chi connectivity index (χ2v) is 13.7. The summed E-state index contributed by atoms with van der Waals surface area (Å²) in [5.74, 6) is 1.48. The molecule has 5 aliphatic rings. The second-order valence-electron chi connectivity index (χ2n) is 13.7. The Morgan fingerprint density at radius 1 is 1.31 bits per heavy atom. The SMILES string of the molecule is C=C1CC[C@@]2(O)[C@@H]3Cc4ccc(OC(=O)N(C)CCNC(=O)[C@@H](N)CCCCN)c5c4[C@@]2(CC[N+]3(C)CC2CC2)[C@H]1O5. The van der Waals surface area contributed by atoms with Gasteiger partial charge in [0.2, 0.25) is 5.91 Å². The van der Waals surface area contributed by atoms with Crippen molar-refractivity contribution in [3.05, 3.63) is 35.4 Å². The van der Waals surface area contributed by atoms with E-state index in [9.17, 15) is 14.7 Å². The molecule has 3 fully saturated rings. The van der Waals surface area contributed by atoms with Crippen molar-refractivity contribution in [2.45, 2.75) is 87.0 Å². The maximum absolute atomic E-state index is 13.1. The van der Waals surface area contributed by atoms with Gasteiger partial charge in [-0.15, -0.1) is 0 Å². The Bertz CT molecular complexity index is 1270. The number of ether oxygens (including phenoxy) is 2. The first-order valence-corrected chi connectivity index (χ1v) is 15.8. The number of likely N-dealkylation sites (tertiary alicyclic amines) is 1. The van der Waals surface area contributed by atoms with Gasteiger partial charge in [0.1, 0.15) is 17.7 Å². The minimum atomic E-state index is -0.901. The van der Waals surface area contributed by atoms with E-state index >= 15 is 0 Å². The molecule has 6 N–H and O–H groups in total. The van der Waals surface area contributed by atoms with E-state index in [0.29, 0.717) is 30.9 Å². The molecule has 6 atom stereocenters. The average Bonchev–Trinajstić information content (AvgIpc) is 3.69. The van der Waals surface area contributed by atoms with Crippen molar-refractivity contribution < 1.29 is 28.7 Å². The van der Waals surface area contributed by atoms with Crippen molar-refractivity contribution in [1.29, 1.82) is 0 Å². The zero-order valence-electron chi connectivity index (χ0n) is 25.2. The highest BCUT2D eigenvalue weighted by molar-refractivity contribution is 5.81. The Labute approximate surface area is 249 Å². The summed E-state index contributed by atoms with van der Waals surface area (Å²) in [4.78, 5) is 26.8. The Morgan fingerprint density at radius 3 is 2.83 bits per heavy atom. The monoisotopic (exact) mass is 582 g/mol. The summed E-state index contributed by atoms with van der Waals surface area (Å²) in [6, 6.07) is 3.42. The van der Waals surface area contributed by atoms with Gasteiger partial charge >= 0.3 is 6.09 Å². The van der Waals surface area contributed by atoms with Gasteiger partial charge in [0.15, 0.2) is 11.5 Å². The normalized spacial score (nSPS) is 32.9. The number of quaternary nitrogens is 1. The molecule has 1 aromatic carbocycles. The van der Waals surface area contributed by atoms with Gasteiger partial charge in [-0.25, -0.2) is 4.79 Å². The van der Waals surface area contributed by atoms with Crippen molar-refractivity contribution in [3.63, 3.8) is 0 Å². The van der Waals surface area contributed by atoms with Crippen molar-refractivity contribution in [2.75, 3.05) is 46.8 Å². The molecular weight excluding hydrogens is 534 g/mol. The molecule has 0 aromatic heterocycles. The molecule has 0 radical (unpaired) electrons. The zero-order chi connectivity index (χ0) is 29.9. The van der Waals surface area contributed by atoms with Gasteiger partial charge in [0.05, 0.1) is 31.6 Å². The molecule has 2 saturated carbocycles. The second kappa shape index (κ2) is 10.8. The third kappa shape index (κ3) is 4.62. The van der Waals surface area contributed by atoms with Crippen LogP contribution in [0, 0.1) is 5.92 Å². The highest BCUT2D eigenvalue weighted by atomic mass is 16.6. The molecule has 1 saturated heterocycles. The molecule has 1 spiro atoms. The molecule has 1 unspecified atom stereocenters. The van der Waals surface area contributed by atoms with Crippen molar-refractivity contribution in [1.82, 2.24) is 10.2 Å². The number of benzene rings is 1. The van der Waals surface area contributed by atoms with Gasteiger partial charge < -0.3 is 40.7 Å². The van der Waals surface area contributed by atoms with Crippen LogP contribution in [0.4, 0.5) is 4.79 Å². The van der Waals surface area contributed by atoms with Crippen LogP contribution in [0.5, 0.6) is 11.5 Å². The van der Waals surface area contributed by atoms with Gasteiger partial charge in [0, 0.05) is 44.5 Å². The first kappa shape index (κ1) is 29.4. The molecule has 42 heavy (non-hydrogen) atoms. The number of amides is 2. The smallest absolute Gasteiger partial charge is 0.415 e. The number of hydrogen-bond acceptors (Lipinski definition) is 7. The number of piperidine rings is 1. The zero-order valence-corrected chi connectivity index (χ0v) is 25.2. The molecule has 2 heterocycles. The van der Waals surface area contributed by atoms with Crippen molar-refractivity contribution in [2.24, 2.45) is 17.4 Å². The first-order chi connectivity index (χ1) is 20.0. The number of nitrogens with one attached hydrogen (secondary N) is 1. The number of nitrogens with two attached hydrogens (primary N) is 2. The predicted molar refractivity (Wildman–Crippen MR) is 159 cm³/mol. The number of hydrogen-bond donors (Lipinski definition) is 4.